The molecule has 0 fully saturated rings. The second-order valence-corrected chi connectivity index (χ2v) is 4.17. The van der Waals surface area contributed by atoms with Crippen molar-refractivity contribution in [3.05, 3.63) is 28.8 Å². The molecule has 0 radical (unpaired) electrons. The van der Waals surface area contributed by atoms with Gasteiger partial charge >= 0.3 is 0 Å². The lowest BCUT2D eigenvalue weighted by Gasteiger charge is -2.14. The molecule has 0 aliphatic heterocycles. The van der Waals surface area contributed by atoms with Crippen LogP contribution in [0, 0.1) is 0 Å². The predicted octanol–water partition coefficient (Wildman–Crippen LogP) is 2.29. The molecule has 1 aromatic heterocycles. The molecule has 2 rings (SSSR count). The molecule has 1 atom stereocenters. The number of hydrogen-bond donors (Lipinski definition) is 1. The van der Waals surface area contributed by atoms with Crippen LogP contribution >= 0.6 is 11.6 Å². The first-order valence-electron chi connectivity index (χ1n) is 5.52. The molecule has 0 spiro atoms. The van der Waals surface area contributed by atoms with Gasteiger partial charge in [-0.05, 0) is 12.5 Å². The van der Waals surface area contributed by atoms with E-state index in [4.69, 9.17) is 21.1 Å². The van der Waals surface area contributed by atoms with Crippen LogP contribution in [0.3, 0.4) is 0 Å². The van der Waals surface area contributed by atoms with Gasteiger partial charge in [0.25, 0.3) is 5.56 Å². The van der Waals surface area contributed by atoms with Gasteiger partial charge in [0.05, 0.1) is 24.3 Å². The maximum absolute atomic E-state index is 11.7. The second kappa shape index (κ2) is 5.27. The van der Waals surface area contributed by atoms with Crippen LogP contribution in [0.1, 0.15) is 13.3 Å². The number of aromatic nitrogens is 2. The van der Waals surface area contributed by atoms with Gasteiger partial charge in [0.1, 0.15) is 0 Å². The maximum Gasteiger partial charge on any atom is 0.258 e. The minimum Gasteiger partial charge on any atom is -0.493 e. The number of hydrogen-bond acceptors (Lipinski definition) is 4. The summed E-state index contributed by atoms with van der Waals surface area (Å²) < 4.78 is 10.7. The lowest BCUT2D eigenvalue weighted by Crippen LogP contribution is -2.10. The largest absolute Gasteiger partial charge is 0.493 e. The Balaban J connectivity index is 2.57. The summed E-state index contributed by atoms with van der Waals surface area (Å²) in [4.78, 5) is 18.2. The van der Waals surface area contributed by atoms with E-state index in [0.717, 1.165) is 0 Å². The van der Waals surface area contributed by atoms with Gasteiger partial charge in [-0.15, -0.1) is 0 Å². The molecular weight excluding hydrogens is 256 g/mol. The molecule has 1 heterocycles. The monoisotopic (exact) mass is 268 g/mol. The number of alkyl halides is 1. The van der Waals surface area contributed by atoms with Crippen LogP contribution < -0.4 is 15.0 Å². The Morgan fingerprint density at radius 2 is 2.22 bits per heavy atom. The number of rotatable bonds is 4. The molecule has 1 unspecified atom stereocenters. The first-order chi connectivity index (χ1) is 8.65. The summed E-state index contributed by atoms with van der Waals surface area (Å²) in [6.07, 6.45) is 1.99. The highest BCUT2D eigenvalue weighted by molar-refractivity contribution is 6.19. The number of aromatic amines is 1. The van der Waals surface area contributed by atoms with E-state index < -0.39 is 5.56 Å². The highest BCUT2D eigenvalue weighted by Crippen LogP contribution is 2.31. The number of fused-ring (bicyclic) bond motifs is 1. The normalized spacial score (nSPS) is 12.4. The Hall–Kier alpha value is -1.75. The molecule has 5 nitrogen and oxygen atoms in total. The van der Waals surface area contributed by atoms with Crippen molar-refractivity contribution in [3.8, 4) is 11.5 Å². The van der Waals surface area contributed by atoms with Crippen LogP contribution in [-0.4, -0.2) is 22.6 Å². The van der Waals surface area contributed by atoms with E-state index in [2.05, 4.69) is 9.97 Å². The van der Waals surface area contributed by atoms with Crippen molar-refractivity contribution >= 4 is 22.5 Å². The fraction of sp³-hybridized carbons (Fsp3) is 0.333. The second-order valence-electron chi connectivity index (χ2n) is 3.69. The van der Waals surface area contributed by atoms with Crippen LogP contribution in [0.15, 0.2) is 23.3 Å². The van der Waals surface area contributed by atoms with Gasteiger partial charge in [-0.25, -0.2) is 4.98 Å². The van der Waals surface area contributed by atoms with Crippen molar-refractivity contribution in [3.63, 3.8) is 0 Å². The molecule has 0 saturated carbocycles. The summed E-state index contributed by atoms with van der Waals surface area (Å²) in [5, 5.41) is 0.438. The van der Waals surface area contributed by atoms with Crippen molar-refractivity contribution in [2.24, 2.45) is 0 Å². The number of nitrogens with zero attached hydrogens (tertiary/aromatic N) is 1. The zero-order valence-electron chi connectivity index (χ0n) is 10.1. The molecule has 0 bridgehead atoms. The van der Waals surface area contributed by atoms with Crippen LogP contribution in [-0.2, 0) is 0 Å². The smallest absolute Gasteiger partial charge is 0.258 e. The third-order valence-corrected chi connectivity index (χ3v) is 2.90. The topological polar surface area (TPSA) is 64.2 Å². The van der Waals surface area contributed by atoms with Crippen LogP contribution in [0.2, 0.25) is 0 Å². The van der Waals surface area contributed by atoms with E-state index in [1.54, 1.807) is 12.1 Å². The van der Waals surface area contributed by atoms with E-state index >= 15 is 0 Å². The van der Waals surface area contributed by atoms with Crippen molar-refractivity contribution in [1.29, 1.82) is 0 Å². The third-order valence-electron chi connectivity index (χ3n) is 2.50. The van der Waals surface area contributed by atoms with Gasteiger partial charge in [-0.3, -0.25) is 4.79 Å². The van der Waals surface area contributed by atoms with Crippen LogP contribution in [0.5, 0.6) is 11.5 Å². The number of halogens is 1. The molecular formula is C12H13ClN2O3. The molecule has 0 aliphatic rings. The zero-order valence-corrected chi connectivity index (χ0v) is 10.8. The number of ether oxygens (including phenoxy) is 2. The zero-order chi connectivity index (χ0) is 13.1. The fourth-order valence-corrected chi connectivity index (χ4v) is 1.64. The number of nitrogens with one attached hydrogen (secondary N) is 1. The summed E-state index contributed by atoms with van der Waals surface area (Å²) in [5.41, 5.74) is -0.146. The summed E-state index contributed by atoms with van der Waals surface area (Å²) in [6, 6.07) is 3.24. The molecule has 0 amide bonds. The number of H-pyrrole nitrogens is 1. The SMILES string of the molecule is CCC(Cl)Oc1cc2c(=O)[nH]cnc2cc1OC. The van der Waals surface area contributed by atoms with E-state index in [0.29, 0.717) is 28.8 Å². The van der Waals surface area contributed by atoms with Crippen molar-refractivity contribution < 1.29 is 9.47 Å². The Bertz CT molecular complexity index is 612. The van der Waals surface area contributed by atoms with Gasteiger partial charge in [-0.1, -0.05) is 18.5 Å². The number of methoxy groups -OCH3 is 1. The van der Waals surface area contributed by atoms with Crippen LogP contribution in [0.4, 0.5) is 0 Å². The molecule has 96 valence electrons. The maximum atomic E-state index is 11.7. The van der Waals surface area contributed by atoms with Gasteiger partial charge in [0.2, 0.25) is 0 Å². The Morgan fingerprint density at radius 1 is 1.44 bits per heavy atom. The van der Waals surface area contributed by atoms with Gasteiger partial charge < -0.3 is 14.5 Å². The molecule has 0 saturated heterocycles. The predicted molar refractivity (Wildman–Crippen MR) is 69.5 cm³/mol. The van der Waals surface area contributed by atoms with Gasteiger partial charge in [0, 0.05) is 6.07 Å². The summed E-state index contributed by atoms with van der Waals surface area (Å²) >= 11 is 5.94. The highest BCUT2D eigenvalue weighted by atomic mass is 35.5. The molecule has 1 aromatic carbocycles. The van der Waals surface area contributed by atoms with E-state index in [1.165, 1.54) is 13.4 Å². The quantitative estimate of drug-likeness (QED) is 0.864. The Morgan fingerprint density at radius 3 is 2.89 bits per heavy atom. The van der Waals surface area contributed by atoms with Gasteiger partial charge in [0.15, 0.2) is 17.1 Å². The Labute approximate surface area is 109 Å². The van der Waals surface area contributed by atoms with Gasteiger partial charge in [-0.2, -0.15) is 0 Å². The Kier molecular flexibility index (Phi) is 3.72. The molecule has 0 aliphatic carbocycles. The first kappa shape index (κ1) is 12.7. The van der Waals surface area contributed by atoms with E-state index in [1.807, 2.05) is 6.92 Å². The number of benzene rings is 1. The molecule has 6 heteroatoms. The van der Waals surface area contributed by atoms with E-state index in [9.17, 15) is 4.79 Å². The third kappa shape index (κ3) is 2.41. The fourth-order valence-electron chi connectivity index (χ4n) is 1.55. The lowest BCUT2D eigenvalue weighted by molar-refractivity contribution is 0.261. The minimum atomic E-state index is -0.466. The molecule has 18 heavy (non-hydrogen) atoms. The van der Waals surface area contributed by atoms with Crippen molar-refractivity contribution in [2.75, 3.05) is 7.11 Å². The minimum absolute atomic E-state index is 0.227. The first-order valence-corrected chi connectivity index (χ1v) is 5.95. The van der Waals surface area contributed by atoms with Crippen molar-refractivity contribution in [2.45, 2.75) is 18.9 Å². The lowest BCUT2D eigenvalue weighted by atomic mass is 10.2. The molecule has 2 aromatic rings. The molecule has 1 N–H and O–H groups in total. The van der Waals surface area contributed by atoms with Crippen molar-refractivity contribution in [1.82, 2.24) is 9.97 Å². The highest BCUT2D eigenvalue weighted by Gasteiger charge is 2.12. The summed E-state index contributed by atoms with van der Waals surface area (Å²) in [5.74, 6) is 0.935. The average Bonchev–Trinajstić information content (AvgIpc) is 2.39. The van der Waals surface area contributed by atoms with Crippen LogP contribution in [0.25, 0.3) is 10.9 Å². The summed E-state index contributed by atoms with van der Waals surface area (Å²) in [7, 11) is 1.52. The average molecular weight is 269 g/mol. The summed E-state index contributed by atoms with van der Waals surface area (Å²) in [6.45, 7) is 1.90. The standard InChI is InChI=1S/C12H13ClN2O3/c1-3-11(13)18-10-4-7-8(5-9(10)17-2)14-6-15-12(7)16/h4-6,11H,3H2,1-2H3,(H,14,15,16). The van der Waals surface area contributed by atoms with E-state index in [-0.39, 0.29) is 5.56 Å².